The van der Waals surface area contributed by atoms with Crippen LogP contribution in [0.1, 0.15) is 87.0 Å². The largest absolute Gasteiger partial charge is 0.454 e. The molecule has 1 heterocycles. The molecular formula is C30H40O4. The van der Waals surface area contributed by atoms with Gasteiger partial charge in [0, 0.05) is 41.2 Å². The quantitative estimate of drug-likeness (QED) is 0.273. The number of carbonyl (C=O) groups excluding carboxylic acids is 3. The summed E-state index contributed by atoms with van der Waals surface area (Å²) in [6.45, 7) is 14.7. The van der Waals surface area contributed by atoms with Crippen LogP contribution in [-0.4, -0.2) is 23.6 Å². The van der Waals surface area contributed by atoms with Gasteiger partial charge in [-0.15, -0.1) is 0 Å². The Morgan fingerprint density at radius 2 is 1.76 bits per heavy atom. The summed E-state index contributed by atoms with van der Waals surface area (Å²) in [4.78, 5) is 38.0. The van der Waals surface area contributed by atoms with E-state index in [9.17, 15) is 14.4 Å². The van der Waals surface area contributed by atoms with E-state index < -0.39 is 0 Å². The fourth-order valence-electron chi connectivity index (χ4n) is 7.84. The molecule has 4 heteroatoms. The first-order chi connectivity index (χ1) is 15.8. The molecule has 4 rings (SSSR count). The van der Waals surface area contributed by atoms with Crippen LogP contribution in [0.5, 0.6) is 0 Å². The Morgan fingerprint density at radius 1 is 1.06 bits per heavy atom. The van der Waals surface area contributed by atoms with Crippen LogP contribution in [-0.2, 0) is 19.1 Å². The molecule has 0 spiro atoms. The van der Waals surface area contributed by atoms with Crippen molar-refractivity contribution in [3.05, 3.63) is 46.6 Å². The highest BCUT2D eigenvalue weighted by Crippen LogP contribution is 2.68. The van der Waals surface area contributed by atoms with Crippen molar-refractivity contribution in [1.29, 1.82) is 0 Å². The van der Waals surface area contributed by atoms with Gasteiger partial charge in [0.25, 0.3) is 0 Å². The highest BCUT2D eigenvalue weighted by atomic mass is 16.5. The van der Waals surface area contributed by atoms with Crippen molar-refractivity contribution in [2.24, 2.45) is 28.1 Å². The van der Waals surface area contributed by atoms with Gasteiger partial charge in [-0.05, 0) is 68.4 Å². The van der Waals surface area contributed by atoms with Crippen molar-refractivity contribution in [2.45, 2.75) is 93.1 Å². The second kappa shape index (κ2) is 8.46. The first-order valence-corrected chi connectivity index (χ1v) is 12.8. The zero-order valence-electron chi connectivity index (χ0n) is 21.9. The van der Waals surface area contributed by atoms with Crippen LogP contribution in [0.3, 0.4) is 0 Å². The highest BCUT2D eigenvalue weighted by molar-refractivity contribution is 6.01. The Hall–Kier alpha value is -2.23. The van der Waals surface area contributed by atoms with Crippen molar-refractivity contribution >= 4 is 17.5 Å². The smallest absolute Gasteiger partial charge is 0.333 e. The summed E-state index contributed by atoms with van der Waals surface area (Å²) in [6.07, 6.45) is 12.5. The number of Topliss-reactive ketones (excluding diaryl/α,β-unsaturated/α-hetero) is 2. The number of esters is 1. The Bertz CT molecular complexity index is 1050. The fourth-order valence-corrected chi connectivity index (χ4v) is 7.84. The zero-order valence-corrected chi connectivity index (χ0v) is 21.9. The van der Waals surface area contributed by atoms with Crippen LogP contribution >= 0.6 is 0 Å². The molecule has 0 aromatic carbocycles. The molecule has 4 aliphatic rings. The molecule has 184 valence electrons. The monoisotopic (exact) mass is 464 g/mol. The van der Waals surface area contributed by atoms with E-state index >= 15 is 0 Å². The molecular weight excluding hydrogens is 424 g/mol. The van der Waals surface area contributed by atoms with Gasteiger partial charge in [0.05, 0.1) is 0 Å². The van der Waals surface area contributed by atoms with Crippen LogP contribution in [0.15, 0.2) is 46.6 Å². The van der Waals surface area contributed by atoms with Gasteiger partial charge in [-0.25, -0.2) is 4.79 Å². The van der Waals surface area contributed by atoms with Crippen LogP contribution in [0.2, 0.25) is 0 Å². The third-order valence-electron chi connectivity index (χ3n) is 9.85. The maximum absolute atomic E-state index is 13.4. The second-order valence-electron chi connectivity index (χ2n) is 12.2. The molecule has 4 nitrogen and oxygen atoms in total. The number of fused-ring (bicyclic) bond motifs is 3. The molecule has 0 radical (unpaired) electrons. The van der Waals surface area contributed by atoms with Gasteiger partial charge in [-0.2, -0.15) is 0 Å². The fraction of sp³-hybridized carbons (Fsp3) is 0.633. The summed E-state index contributed by atoms with van der Waals surface area (Å²) in [5, 5.41) is 0. The normalized spacial score (nSPS) is 39.5. The van der Waals surface area contributed by atoms with E-state index in [0.29, 0.717) is 36.5 Å². The molecule has 0 bridgehead atoms. The van der Waals surface area contributed by atoms with Gasteiger partial charge in [-0.1, -0.05) is 52.0 Å². The first-order valence-electron chi connectivity index (χ1n) is 12.8. The molecule has 3 saturated carbocycles. The van der Waals surface area contributed by atoms with Crippen molar-refractivity contribution < 1.29 is 19.1 Å². The number of ketones is 2. The van der Waals surface area contributed by atoms with E-state index in [-0.39, 0.29) is 40.0 Å². The van der Waals surface area contributed by atoms with Crippen LogP contribution in [0.25, 0.3) is 0 Å². The third kappa shape index (κ3) is 3.78. The van der Waals surface area contributed by atoms with E-state index in [2.05, 4.69) is 34.6 Å². The number of ether oxygens (including phenoxy) is 1. The Labute approximate surface area is 204 Å². The zero-order chi connectivity index (χ0) is 25.1. The summed E-state index contributed by atoms with van der Waals surface area (Å²) >= 11 is 0. The molecule has 0 N–H and O–H groups in total. The van der Waals surface area contributed by atoms with Gasteiger partial charge in [-0.3, -0.25) is 9.59 Å². The van der Waals surface area contributed by atoms with E-state index in [0.717, 1.165) is 36.0 Å². The molecule has 0 saturated heterocycles. The molecule has 3 aliphatic carbocycles. The van der Waals surface area contributed by atoms with Gasteiger partial charge in [0.1, 0.15) is 11.9 Å². The number of hydrogen-bond donors (Lipinski definition) is 0. The Balaban J connectivity index is 1.59. The lowest BCUT2D eigenvalue weighted by atomic mass is 9.43. The summed E-state index contributed by atoms with van der Waals surface area (Å²) in [7, 11) is 0. The number of cyclic esters (lactones) is 1. The van der Waals surface area contributed by atoms with Gasteiger partial charge >= 0.3 is 5.97 Å². The van der Waals surface area contributed by atoms with Crippen LogP contribution in [0.4, 0.5) is 0 Å². The lowest BCUT2D eigenvalue weighted by Crippen LogP contribution is -2.56. The molecule has 0 unspecified atom stereocenters. The van der Waals surface area contributed by atoms with Crippen molar-refractivity contribution in [2.75, 3.05) is 0 Å². The second-order valence-corrected chi connectivity index (χ2v) is 12.2. The Morgan fingerprint density at radius 3 is 2.44 bits per heavy atom. The van der Waals surface area contributed by atoms with Crippen LogP contribution < -0.4 is 0 Å². The van der Waals surface area contributed by atoms with Crippen LogP contribution in [0, 0.1) is 28.1 Å². The predicted molar refractivity (Wildman–Crippen MR) is 134 cm³/mol. The minimum atomic E-state index is -0.308. The predicted octanol–water partition coefficient (Wildman–Crippen LogP) is 6.47. The summed E-state index contributed by atoms with van der Waals surface area (Å²) in [6, 6.07) is 0. The summed E-state index contributed by atoms with van der Waals surface area (Å²) in [5.41, 5.74) is 3.23. The number of rotatable bonds is 3. The van der Waals surface area contributed by atoms with Gasteiger partial charge in [0.2, 0.25) is 0 Å². The number of allylic oxidation sites excluding steroid dienone is 5. The molecule has 3 fully saturated rings. The average Bonchev–Trinajstić information content (AvgIpc) is 3.04. The molecule has 0 aromatic rings. The van der Waals surface area contributed by atoms with E-state index in [1.807, 2.05) is 31.2 Å². The Kier molecular flexibility index (Phi) is 6.19. The summed E-state index contributed by atoms with van der Waals surface area (Å²) in [5.74, 6) is 1.02. The topological polar surface area (TPSA) is 60.4 Å². The van der Waals surface area contributed by atoms with E-state index in [1.54, 1.807) is 6.92 Å². The minimum Gasteiger partial charge on any atom is -0.454 e. The first kappa shape index (κ1) is 24.9. The van der Waals surface area contributed by atoms with Crippen molar-refractivity contribution in [1.82, 2.24) is 0 Å². The van der Waals surface area contributed by atoms with Gasteiger partial charge < -0.3 is 4.74 Å². The molecule has 34 heavy (non-hydrogen) atoms. The third-order valence-corrected chi connectivity index (χ3v) is 9.85. The van der Waals surface area contributed by atoms with E-state index in [4.69, 9.17) is 4.74 Å². The van der Waals surface area contributed by atoms with Gasteiger partial charge in [0.15, 0.2) is 5.78 Å². The van der Waals surface area contributed by atoms with E-state index in [1.165, 1.54) is 0 Å². The molecule has 0 aromatic heterocycles. The highest BCUT2D eigenvalue weighted by Gasteiger charge is 2.64. The number of hydrogen-bond acceptors (Lipinski definition) is 4. The minimum absolute atomic E-state index is 0.0127. The molecule has 5 atom stereocenters. The standard InChI is InChI=1S/C30H40O4/c1-18(22-12-11-20(3)27(33)34-22)9-8-10-19(2)26-21(31)17-24-29(6)16-14-25(32)28(4,5)23(29)13-15-30(24,26)7/h8-11,22-24H,12-17H2,1-7H3/t22-,23-,24-,29-,30-/m0/s1. The maximum Gasteiger partial charge on any atom is 0.333 e. The average molecular weight is 465 g/mol. The SMILES string of the molecule is CC1=CC[C@@H](C(C)=CC=CC(C)=C2C(=O)C[C@H]3[C@@]4(C)CCC(=O)C(C)(C)[C@@H]4CC[C@]23C)OC1=O. The van der Waals surface area contributed by atoms with Crippen molar-refractivity contribution in [3.63, 3.8) is 0 Å². The maximum atomic E-state index is 13.4. The lowest BCUT2D eigenvalue weighted by molar-refractivity contribution is -0.154. The summed E-state index contributed by atoms with van der Waals surface area (Å²) < 4.78 is 5.51. The molecule has 1 aliphatic heterocycles. The number of carbonyl (C=O) groups is 3. The lowest BCUT2D eigenvalue weighted by Gasteiger charge is -2.60. The molecule has 0 amide bonds. The van der Waals surface area contributed by atoms with Crippen molar-refractivity contribution in [3.8, 4) is 0 Å².